The van der Waals surface area contributed by atoms with Gasteiger partial charge in [-0.3, -0.25) is 4.79 Å². The molecular weight excluding hydrogens is 324 g/mol. The van der Waals surface area contributed by atoms with Crippen molar-refractivity contribution in [1.29, 1.82) is 0 Å². The van der Waals surface area contributed by atoms with E-state index in [-0.39, 0.29) is 29.5 Å². The lowest BCUT2D eigenvalue weighted by molar-refractivity contribution is -0.184. The number of ether oxygens (including phenoxy) is 1. The highest BCUT2D eigenvalue weighted by atomic mass is 16.6. The molecule has 1 aromatic rings. The largest absolute Gasteiger partial charge is 0.508 e. The van der Waals surface area contributed by atoms with Crippen molar-refractivity contribution in [2.75, 3.05) is 0 Å². The summed E-state index contributed by atoms with van der Waals surface area (Å²) in [6, 6.07) is 7.32. The lowest BCUT2D eigenvalue weighted by Gasteiger charge is -2.42. The van der Waals surface area contributed by atoms with Gasteiger partial charge >= 0.3 is 5.97 Å². The monoisotopic (exact) mass is 362 g/mol. The van der Waals surface area contributed by atoms with Gasteiger partial charge in [-0.1, -0.05) is 53.7 Å². The van der Waals surface area contributed by atoms with E-state index < -0.39 is 11.0 Å². The van der Waals surface area contributed by atoms with Crippen LogP contribution in [-0.4, -0.2) is 16.7 Å². The first-order valence-corrected chi connectivity index (χ1v) is 10.0. The first-order chi connectivity index (χ1) is 12.0. The van der Waals surface area contributed by atoms with Crippen molar-refractivity contribution in [3.8, 4) is 5.75 Å². The fourth-order valence-electron chi connectivity index (χ4n) is 4.05. The average Bonchev–Trinajstić information content (AvgIpc) is 2.57. The summed E-state index contributed by atoms with van der Waals surface area (Å²) in [7, 11) is 0. The number of carbonyl (C=O) groups is 1. The van der Waals surface area contributed by atoms with Gasteiger partial charge in [0.1, 0.15) is 11.4 Å². The molecule has 3 nitrogen and oxygen atoms in total. The molecule has 0 amide bonds. The fourth-order valence-corrected chi connectivity index (χ4v) is 4.05. The molecule has 0 spiro atoms. The van der Waals surface area contributed by atoms with Gasteiger partial charge in [-0.15, -0.1) is 0 Å². The van der Waals surface area contributed by atoms with Crippen molar-refractivity contribution in [2.24, 2.45) is 17.3 Å². The van der Waals surface area contributed by atoms with Gasteiger partial charge in [0.05, 0.1) is 5.41 Å². The Morgan fingerprint density at radius 3 is 1.92 bits per heavy atom. The molecule has 0 aliphatic rings. The Morgan fingerprint density at radius 1 is 1.04 bits per heavy atom. The zero-order valence-electron chi connectivity index (χ0n) is 17.9. The molecule has 0 aromatic heterocycles. The van der Waals surface area contributed by atoms with Crippen molar-refractivity contribution in [2.45, 2.75) is 86.2 Å². The molecular formula is C23H38O3. The van der Waals surface area contributed by atoms with E-state index in [0.717, 1.165) is 24.8 Å². The smallest absolute Gasteiger partial charge is 0.312 e. The van der Waals surface area contributed by atoms with Crippen LogP contribution < -0.4 is 0 Å². The van der Waals surface area contributed by atoms with E-state index in [0.29, 0.717) is 0 Å². The lowest BCUT2D eigenvalue weighted by Crippen LogP contribution is -2.47. The Labute approximate surface area is 160 Å². The third-order valence-corrected chi connectivity index (χ3v) is 5.96. The predicted molar refractivity (Wildman–Crippen MR) is 108 cm³/mol. The third-order valence-electron chi connectivity index (χ3n) is 5.96. The summed E-state index contributed by atoms with van der Waals surface area (Å²) < 4.78 is 6.20. The highest BCUT2D eigenvalue weighted by Gasteiger charge is 2.43. The van der Waals surface area contributed by atoms with Crippen molar-refractivity contribution in [3.63, 3.8) is 0 Å². The van der Waals surface area contributed by atoms with Crippen molar-refractivity contribution >= 4 is 5.97 Å². The van der Waals surface area contributed by atoms with Crippen LogP contribution in [0.25, 0.3) is 0 Å². The van der Waals surface area contributed by atoms with Gasteiger partial charge in [0, 0.05) is 0 Å². The van der Waals surface area contributed by atoms with Gasteiger partial charge in [-0.25, -0.2) is 0 Å². The molecule has 3 heteroatoms. The summed E-state index contributed by atoms with van der Waals surface area (Å²) in [4.78, 5) is 13.1. The summed E-state index contributed by atoms with van der Waals surface area (Å²) in [5.41, 5.74) is 0.165. The molecule has 148 valence electrons. The molecule has 0 fully saturated rings. The molecule has 0 radical (unpaired) electrons. The Hall–Kier alpha value is -1.51. The first-order valence-electron chi connectivity index (χ1n) is 10.0. The molecule has 1 atom stereocenters. The molecule has 1 aromatic carbocycles. The Bertz CT molecular complexity index is 562. The second-order valence-electron chi connectivity index (χ2n) is 8.79. The van der Waals surface area contributed by atoms with Gasteiger partial charge in [0.2, 0.25) is 0 Å². The SMILES string of the molecule is CCC(CC(C)(C)C(=O)OC(CC)(C(C)C)C(C)C)c1ccc(O)cc1. The Balaban J connectivity index is 3.00. The number of rotatable bonds is 9. The summed E-state index contributed by atoms with van der Waals surface area (Å²) in [5.74, 6) is 0.952. The minimum atomic E-state index is -0.567. The van der Waals surface area contributed by atoms with E-state index in [4.69, 9.17) is 4.74 Å². The van der Waals surface area contributed by atoms with E-state index >= 15 is 0 Å². The van der Waals surface area contributed by atoms with Gasteiger partial charge in [0.25, 0.3) is 0 Å². The van der Waals surface area contributed by atoms with E-state index in [1.165, 1.54) is 0 Å². The molecule has 0 saturated carbocycles. The maximum Gasteiger partial charge on any atom is 0.312 e. The number of aromatic hydroxyl groups is 1. The van der Waals surface area contributed by atoms with E-state index in [2.05, 4.69) is 41.5 Å². The lowest BCUT2D eigenvalue weighted by atomic mass is 9.76. The molecule has 0 aliphatic carbocycles. The van der Waals surface area contributed by atoms with Crippen LogP contribution in [0.15, 0.2) is 24.3 Å². The normalized spacial score (nSPS) is 13.9. The number of hydrogen-bond donors (Lipinski definition) is 1. The van der Waals surface area contributed by atoms with E-state index in [1.807, 2.05) is 26.0 Å². The molecule has 1 rings (SSSR count). The third kappa shape index (κ3) is 5.02. The summed E-state index contributed by atoms with van der Waals surface area (Å²) in [6.07, 6.45) is 2.48. The zero-order valence-corrected chi connectivity index (χ0v) is 17.9. The molecule has 0 heterocycles. The molecule has 0 saturated heterocycles. The van der Waals surface area contributed by atoms with Gasteiger partial charge in [-0.05, 0) is 68.6 Å². The average molecular weight is 363 g/mol. The number of esters is 1. The van der Waals surface area contributed by atoms with Gasteiger partial charge in [0.15, 0.2) is 0 Å². The molecule has 1 unspecified atom stereocenters. The number of carbonyl (C=O) groups excluding carboxylic acids is 1. The number of phenols is 1. The fraction of sp³-hybridized carbons (Fsp3) is 0.696. The van der Waals surface area contributed by atoms with Crippen LogP contribution in [0.3, 0.4) is 0 Å². The van der Waals surface area contributed by atoms with Crippen LogP contribution in [0, 0.1) is 17.3 Å². The van der Waals surface area contributed by atoms with Crippen molar-refractivity contribution in [1.82, 2.24) is 0 Å². The maximum atomic E-state index is 13.1. The van der Waals surface area contributed by atoms with E-state index in [1.54, 1.807) is 12.1 Å². The van der Waals surface area contributed by atoms with Crippen LogP contribution in [0.5, 0.6) is 5.75 Å². The molecule has 0 bridgehead atoms. The summed E-state index contributed by atoms with van der Waals surface area (Å²) >= 11 is 0. The first kappa shape index (κ1) is 22.5. The van der Waals surface area contributed by atoms with Gasteiger partial charge < -0.3 is 9.84 Å². The topological polar surface area (TPSA) is 46.5 Å². The van der Waals surface area contributed by atoms with Crippen LogP contribution in [0.2, 0.25) is 0 Å². The number of hydrogen-bond acceptors (Lipinski definition) is 3. The van der Waals surface area contributed by atoms with Crippen molar-refractivity contribution < 1.29 is 14.6 Å². The minimum Gasteiger partial charge on any atom is -0.508 e. The Kier molecular flexibility index (Phi) is 7.73. The van der Waals surface area contributed by atoms with Crippen LogP contribution in [-0.2, 0) is 9.53 Å². The van der Waals surface area contributed by atoms with Crippen LogP contribution in [0.4, 0.5) is 0 Å². The van der Waals surface area contributed by atoms with Crippen molar-refractivity contribution in [3.05, 3.63) is 29.8 Å². The van der Waals surface area contributed by atoms with Crippen LogP contribution in [0.1, 0.15) is 86.1 Å². The number of benzene rings is 1. The second kappa shape index (κ2) is 8.92. The second-order valence-corrected chi connectivity index (χ2v) is 8.79. The highest BCUT2D eigenvalue weighted by Crippen LogP contribution is 2.40. The van der Waals surface area contributed by atoms with Crippen LogP contribution >= 0.6 is 0 Å². The zero-order chi connectivity index (χ0) is 20.1. The Morgan fingerprint density at radius 2 is 1.54 bits per heavy atom. The van der Waals surface area contributed by atoms with Gasteiger partial charge in [-0.2, -0.15) is 0 Å². The quantitative estimate of drug-likeness (QED) is 0.524. The van der Waals surface area contributed by atoms with E-state index in [9.17, 15) is 9.90 Å². The number of phenolic OH excluding ortho intramolecular Hbond substituents is 1. The predicted octanol–water partition coefficient (Wildman–Crippen LogP) is 6.31. The highest BCUT2D eigenvalue weighted by molar-refractivity contribution is 5.76. The summed E-state index contributed by atoms with van der Waals surface area (Å²) in [6.45, 7) is 16.7. The minimum absolute atomic E-state index is 0.112. The molecule has 26 heavy (non-hydrogen) atoms. The molecule has 0 aliphatic heterocycles. The standard InChI is InChI=1S/C23H38O3/c1-9-18(19-11-13-20(24)14-12-19)15-22(7,8)21(25)26-23(10-2,16(3)4)17(5)6/h11-14,16-18,24H,9-10,15H2,1-8H3. The summed E-state index contributed by atoms with van der Waals surface area (Å²) in [5, 5.41) is 9.52. The molecule has 1 N–H and O–H groups in total. The maximum absolute atomic E-state index is 13.1.